The van der Waals surface area contributed by atoms with Gasteiger partial charge in [0, 0.05) is 12.7 Å². The van der Waals surface area contributed by atoms with Gasteiger partial charge in [-0.25, -0.2) is 0 Å². The van der Waals surface area contributed by atoms with E-state index in [1.165, 1.54) is 19.3 Å². The lowest BCUT2D eigenvalue weighted by Crippen LogP contribution is -2.86. The Morgan fingerprint density at radius 3 is 3.00 bits per heavy atom. The summed E-state index contributed by atoms with van der Waals surface area (Å²) >= 11 is 0. The van der Waals surface area contributed by atoms with Crippen molar-refractivity contribution in [3.63, 3.8) is 0 Å². The Labute approximate surface area is 121 Å². The van der Waals surface area contributed by atoms with E-state index in [4.69, 9.17) is 14.2 Å². The molecule has 0 amide bonds. The van der Waals surface area contributed by atoms with Crippen molar-refractivity contribution in [2.45, 2.75) is 31.8 Å². The van der Waals surface area contributed by atoms with Crippen LogP contribution < -0.4 is 14.8 Å². The van der Waals surface area contributed by atoms with Crippen molar-refractivity contribution in [3.8, 4) is 11.5 Å². The van der Waals surface area contributed by atoms with Gasteiger partial charge in [0.25, 0.3) is 0 Å². The number of methoxy groups -OCH3 is 1. The van der Waals surface area contributed by atoms with Crippen molar-refractivity contribution in [2.75, 3.05) is 33.4 Å². The second-order valence-electron chi connectivity index (χ2n) is 5.18. The van der Waals surface area contributed by atoms with Gasteiger partial charge in [0.05, 0.1) is 20.3 Å². The molecule has 2 rings (SSSR count). The SMILES string of the molecule is COc1cccc(OCCCC[NH2+]CC2CCCO2)c1. The molecule has 2 N–H and O–H groups in total. The first-order valence-electron chi connectivity index (χ1n) is 7.58. The molecule has 1 aliphatic heterocycles. The first-order chi connectivity index (χ1) is 9.88. The van der Waals surface area contributed by atoms with Crippen molar-refractivity contribution in [1.29, 1.82) is 0 Å². The molecule has 1 unspecified atom stereocenters. The topological polar surface area (TPSA) is 44.3 Å². The lowest BCUT2D eigenvalue weighted by Gasteiger charge is -2.09. The third-order valence-electron chi connectivity index (χ3n) is 3.57. The van der Waals surface area contributed by atoms with E-state index in [0.717, 1.165) is 44.2 Å². The van der Waals surface area contributed by atoms with Crippen LogP contribution in [-0.4, -0.2) is 39.5 Å². The lowest BCUT2D eigenvalue weighted by molar-refractivity contribution is -0.661. The fraction of sp³-hybridized carbons (Fsp3) is 0.625. The van der Waals surface area contributed by atoms with E-state index in [9.17, 15) is 0 Å². The minimum Gasteiger partial charge on any atom is -0.497 e. The predicted octanol–water partition coefficient (Wildman–Crippen LogP) is 1.60. The summed E-state index contributed by atoms with van der Waals surface area (Å²) in [6.45, 7) is 3.98. The molecule has 0 aromatic heterocycles. The van der Waals surface area contributed by atoms with Gasteiger partial charge in [-0.2, -0.15) is 0 Å². The molecule has 1 fully saturated rings. The number of ether oxygens (including phenoxy) is 3. The maximum Gasteiger partial charge on any atom is 0.122 e. The maximum atomic E-state index is 5.71. The van der Waals surface area contributed by atoms with Crippen molar-refractivity contribution in [1.82, 2.24) is 0 Å². The highest BCUT2D eigenvalue weighted by atomic mass is 16.5. The van der Waals surface area contributed by atoms with Crippen LogP contribution in [0.3, 0.4) is 0 Å². The predicted molar refractivity (Wildman–Crippen MR) is 78.4 cm³/mol. The average Bonchev–Trinajstić information content (AvgIpc) is 3.00. The van der Waals surface area contributed by atoms with Crippen LogP contribution in [0.25, 0.3) is 0 Å². The third kappa shape index (κ3) is 5.39. The summed E-state index contributed by atoms with van der Waals surface area (Å²) in [6, 6.07) is 7.76. The molecule has 0 radical (unpaired) electrons. The zero-order valence-corrected chi connectivity index (χ0v) is 12.3. The van der Waals surface area contributed by atoms with E-state index in [1.54, 1.807) is 7.11 Å². The lowest BCUT2D eigenvalue weighted by atomic mass is 10.2. The van der Waals surface area contributed by atoms with Crippen LogP contribution >= 0.6 is 0 Å². The van der Waals surface area contributed by atoms with E-state index in [0.29, 0.717) is 6.10 Å². The molecule has 20 heavy (non-hydrogen) atoms. The van der Waals surface area contributed by atoms with Gasteiger partial charge in [0.15, 0.2) is 0 Å². The molecule has 0 aliphatic carbocycles. The minimum absolute atomic E-state index is 0.489. The van der Waals surface area contributed by atoms with Crippen molar-refractivity contribution in [3.05, 3.63) is 24.3 Å². The van der Waals surface area contributed by atoms with E-state index >= 15 is 0 Å². The van der Waals surface area contributed by atoms with Crippen LogP contribution in [0.1, 0.15) is 25.7 Å². The first-order valence-corrected chi connectivity index (χ1v) is 7.58. The molecule has 1 atom stereocenters. The molecular formula is C16H26NO3+. The smallest absolute Gasteiger partial charge is 0.122 e. The van der Waals surface area contributed by atoms with Crippen LogP contribution in [0.5, 0.6) is 11.5 Å². The Morgan fingerprint density at radius 1 is 1.30 bits per heavy atom. The van der Waals surface area contributed by atoms with Gasteiger partial charge in [-0.05, 0) is 37.8 Å². The van der Waals surface area contributed by atoms with E-state index < -0.39 is 0 Å². The highest BCUT2D eigenvalue weighted by Crippen LogP contribution is 2.18. The van der Waals surface area contributed by atoms with Gasteiger partial charge in [0.2, 0.25) is 0 Å². The van der Waals surface area contributed by atoms with Gasteiger partial charge >= 0.3 is 0 Å². The summed E-state index contributed by atoms with van der Waals surface area (Å²) in [5.74, 6) is 1.72. The number of nitrogens with two attached hydrogens (primary N) is 1. The molecule has 0 spiro atoms. The van der Waals surface area contributed by atoms with Crippen LogP contribution in [0.4, 0.5) is 0 Å². The molecule has 4 heteroatoms. The molecule has 1 aliphatic rings. The minimum atomic E-state index is 0.489. The number of unbranched alkanes of at least 4 members (excludes halogenated alkanes) is 1. The zero-order chi connectivity index (χ0) is 14.0. The highest BCUT2D eigenvalue weighted by molar-refractivity contribution is 5.32. The van der Waals surface area contributed by atoms with Gasteiger partial charge in [0.1, 0.15) is 24.1 Å². The fourth-order valence-corrected chi connectivity index (χ4v) is 2.41. The summed E-state index contributed by atoms with van der Waals surface area (Å²) in [5.41, 5.74) is 0. The molecule has 1 saturated heterocycles. The summed E-state index contributed by atoms with van der Waals surface area (Å²) < 4.78 is 16.5. The quantitative estimate of drug-likeness (QED) is 0.699. The van der Waals surface area contributed by atoms with Crippen LogP contribution in [0, 0.1) is 0 Å². The Balaban J connectivity index is 1.48. The van der Waals surface area contributed by atoms with E-state index in [1.807, 2.05) is 24.3 Å². The monoisotopic (exact) mass is 280 g/mol. The van der Waals surface area contributed by atoms with E-state index in [2.05, 4.69) is 5.32 Å². The molecular weight excluding hydrogens is 254 g/mol. The summed E-state index contributed by atoms with van der Waals surface area (Å²) in [4.78, 5) is 0. The number of benzene rings is 1. The fourth-order valence-electron chi connectivity index (χ4n) is 2.41. The van der Waals surface area contributed by atoms with Gasteiger partial charge < -0.3 is 19.5 Å². The molecule has 4 nitrogen and oxygen atoms in total. The maximum absolute atomic E-state index is 5.71. The Kier molecular flexibility index (Phi) is 6.68. The van der Waals surface area contributed by atoms with Crippen LogP contribution in [0.2, 0.25) is 0 Å². The Morgan fingerprint density at radius 2 is 2.20 bits per heavy atom. The van der Waals surface area contributed by atoms with E-state index in [-0.39, 0.29) is 0 Å². The summed E-state index contributed by atoms with van der Waals surface area (Å²) in [7, 11) is 1.67. The number of hydrogen-bond acceptors (Lipinski definition) is 3. The first kappa shape index (κ1) is 15.1. The Bertz CT molecular complexity index is 378. The second kappa shape index (κ2) is 8.82. The van der Waals surface area contributed by atoms with Crippen LogP contribution in [0.15, 0.2) is 24.3 Å². The molecule has 0 bridgehead atoms. The van der Waals surface area contributed by atoms with Crippen molar-refractivity contribution < 1.29 is 19.5 Å². The van der Waals surface area contributed by atoms with Gasteiger partial charge in [-0.3, -0.25) is 0 Å². The van der Waals surface area contributed by atoms with Crippen molar-refractivity contribution >= 4 is 0 Å². The van der Waals surface area contributed by atoms with Crippen LogP contribution in [-0.2, 0) is 4.74 Å². The standard InChI is InChI=1S/C16H25NO3/c1-18-14-6-4-7-15(12-14)19-10-3-2-9-17-13-16-8-5-11-20-16/h4,6-7,12,16-17H,2-3,5,8-11,13H2,1H3/p+1. The van der Waals surface area contributed by atoms with Gasteiger partial charge in [-0.1, -0.05) is 6.07 Å². The zero-order valence-electron chi connectivity index (χ0n) is 12.3. The summed E-state index contributed by atoms with van der Waals surface area (Å²) in [6.07, 6.45) is 5.21. The molecule has 112 valence electrons. The highest BCUT2D eigenvalue weighted by Gasteiger charge is 2.16. The third-order valence-corrected chi connectivity index (χ3v) is 3.57. The molecule has 0 saturated carbocycles. The number of quaternary nitrogens is 1. The normalized spacial score (nSPS) is 18.1. The molecule has 1 heterocycles. The summed E-state index contributed by atoms with van der Waals surface area (Å²) in [5, 5.41) is 2.36. The molecule has 1 aromatic rings. The second-order valence-corrected chi connectivity index (χ2v) is 5.18. The van der Waals surface area contributed by atoms with Crippen molar-refractivity contribution in [2.24, 2.45) is 0 Å². The average molecular weight is 280 g/mol. The van der Waals surface area contributed by atoms with Gasteiger partial charge in [-0.15, -0.1) is 0 Å². The molecule has 1 aromatic carbocycles. The number of rotatable bonds is 9. The number of hydrogen-bond donors (Lipinski definition) is 1. The largest absolute Gasteiger partial charge is 0.497 e. The Hall–Kier alpha value is -1.26.